The molecule has 0 spiro atoms. The second kappa shape index (κ2) is 5.86. The van der Waals surface area contributed by atoms with Crippen LogP contribution in [0, 0.1) is 5.92 Å². The van der Waals surface area contributed by atoms with Gasteiger partial charge in [0.15, 0.2) is 0 Å². The molecule has 1 saturated carbocycles. The van der Waals surface area contributed by atoms with E-state index in [-0.39, 0.29) is 23.7 Å². The van der Waals surface area contributed by atoms with Crippen molar-refractivity contribution in [3.05, 3.63) is 59.2 Å². The maximum Gasteiger partial charge on any atom is 0.335 e. The van der Waals surface area contributed by atoms with Gasteiger partial charge in [-0.25, -0.2) is 4.79 Å². The molecular formula is C20H20O4. The second-order valence-electron chi connectivity index (χ2n) is 6.70. The van der Waals surface area contributed by atoms with Crippen LogP contribution in [0.4, 0.5) is 0 Å². The average Bonchev–Trinajstić information content (AvgIpc) is 2.59. The zero-order valence-electron chi connectivity index (χ0n) is 13.3. The second-order valence-corrected chi connectivity index (χ2v) is 6.70. The average molecular weight is 324 g/mol. The number of ether oxygens (including phenoxy) is 1. The smallest absolute Gasteiger partial charge is 0.335 e. The molecule has 1 aliphatic heterocycles. The van der Waals surface area contributed by atoms with E-state index in [1.807, 2.05) is 18.2 Å². The molecule has 2 aliphatic rings. The van der Waals surface area contributed by atoms with Crippen LogP contribution in [-0.4, -0.2) is 22.3 Å². The summed E-state index contributed by atoms with van der Waals surface area (Å²) in [5.41, 5.74) is 2.18. The van der Waals surface area contributed by atoms with Crippen LogP contribution in [0.25, 0.3) is 0 Å². The molecule has 4 nitrogen and oxygen atoms in total. The van der Waals surface area contributed by atoms with Crippen LogP contribution in [0.1, 0.15) is 53.1 Å². The van der Waals surface area contributed by atoms with Crippen LogP contribution < -0.4 is 4.74 Å². The third kappa shape index (κ3) is 2.42. The minimum atomic E-state index is -0.898. The minimum Gasteiger partial charge on any atom is -0.508 e. The Bertz CT molecular complexity index is 783. The van der Waals surface area contributed by atoms with Crippen LogP contribution in [0.5, 0.6) is 11.5 Å². The van der Waals surface area contributed by atoms with Crippen molar-refractivity contribution < 1.29 is 19.7 Å². The molecule has 0 radical (unpaired) electrons. The van der Waals surface area contributed by atoms with Gasteiger partial charge in [0.25, 0.3) is 0 Å². The fourth-order valence-electron chi connectivity index (χ4n) is 4.29. The van der Waals surface area contributed by atoms with Gasteiger partial charge in [-0.1, -0.05) is 30.7 Å². The number of rotatable bonds is 2. The van der Waals surface area contributed by atoms with Crippen molar-refractivity contribution >= 4 is 5.97 Å². The number of aromatic hydroxyl groups is 1. The lowest BCUT2D eigenvalue weighted by Crippen LogP contribution is -2.39. The minimum absolute atomic E-state index is 0.00745. The fraction of sp³-hybridized carbons (Fsp3) is 0.350. The highest BCUT2D eigenvalue weighted by molar-refractivity contribution is 5.90. The molecule has 2 aromatic rings. The Kier molecular flexibility index (Phi) is 3.68. The number of hydrogen-bond donors (Lipinski definition) is 2. The molecule has 0 saturated heterocycles. The third-order valence-electron chi connectivity index (χ3n) is 5.32. The zero-order valence-corrected chi connectivity index (χ0v) is 13.3. The first kappa shape index (κ1) is 15.1. The van der Waals surface area contributed by atoms with Gasteiger partial charge in [-0.3, -0.25) is 0 Å². The van der Waals surface area contributed by atoms with Gasteiger partial charge < -0.3 is 14.9 Å². The third-order valence-corrected chi connectivity index (χ3v) is 5.32. The van der Waals surface area contributed by atoms with Crippen LogP contribution in [0.2, 0.25) is 0 Å². The van der Waals surface area contributed by atoms with E-state index in [2.05, 4.69) is 0 Å². The molecule has 0 amide bonds. The monoisotopic (exact) mass is 324 g/mol. The van der Waals surface area contributed by atoms with E-state index >= 15 is 0 Å². The van der Waals surface area contributed by atoms with Crippen LogP contribution in [0.15, 0.2) is 42.5 Å². The summed E-state index contributed by atoms with van der Waals surface area (Å²) in [5.74, 6) is 0.227. The number of aromatic carboxylic acids is 1. The topological polar surface area (TPSA) is 66.8 Å². The lowest BCUT2D eigenvalue weighted by molar-refractivity contribution is 0.0614. The Balaban J connectivity index is 1.90. The van der Waals surface area contributed by atoms with Crippen LogP contribution in [0.3, 0.4) is 0 Å². The molecule has 2 N–H and O–H groups in total. The Hall–Kier alpha value is -2.49. The molecule has 124 valence electrons. The number of carbonyl (C=O) groups is 1. The number of fused-ring (bicyclic) bond motifs is 2. The Morgan fingerprint density at radius 2 is 1.83 bits per heavy atom. The molecule has 3 unspecified atom stereocenters. The molecule has 4 heteroatoms. The predicted molar refractivity (Wildman–Crippen MR) is 89.7 cm³/mol. The van der Waals surface area contributed by atoms with Gasteiger partial charge in [0.05, 0.1) is 5.56 Å². The van der Waals surface area contributed by atoms with E-state index in [4.69, 9.17) is 4.74 Å². The molecule has 0 aromatic heterocycles. The summed E-state index contributed by atoms with van der Waals surface area (Å²) in [6.07, 6.45) is 4.36. The van der Waals surface area contributed by atoms with E-state index < -0.39 is 5.97 Å². The van der Waals surface area contributed by atoms with Crippen molar-refractivity contribution in [1.82, 2.24) is 0 Å². The Labute approximate surface area is 140 Å². The summed E-state index contributed by atoms with van der Waals surface area (Å²) in [4.78, 5) is 11.7. The summed E-state index contributed by atoms with van der Waals surface area (Å²) in [5, 5.41) is 19.4. The molecule has 1 heterocycles. The lowest BCUT2D eigenvalue weighted by atomic mass is 9.69. The lowest BCUT2D eigenvalue weighted by Gasteiger charge is -2.43. The van der Waals surface area contributed by atoms with Crippen molar-refractivity contribution in [2.75, 3.05) is 0 Å². The van der Waals surface area contributed by atoms with E-state index in [0.717, 1.165) is 36.8 Å². The van der Waals surface area contributed by atoms with Gasteiger partial charge in [-0.05, 0) is 37.0 Å². The first-order valence-corrected chi connectivity index (χ1v) is 8.47. The maximum absolute atomic E-state index is 11.7. The Morgan fingerprint density at radius 3 is 2.67 bits per heavy atom. The first-order chi connectivity index (χ1) is 11.6. The van der Waals surface area contributed by atoms with Gasteiger partial charge in [0.2, 0.25) is 0 Å². The van der Waals surface area contributed by atoms with E-state index in [1.54, 1.807) is 24.3 Å². The van der Waals surface area contributed by atoms with Crippen LogP contribution >= 0.6 is 0 Å². The largest absolute Gasteiger partial charge is 0.508 e. The summed E-state index contributed by atoms with van der Waals surface area (Å²) in [7, 11) is 0. The van der Waals surface area contributed by atoms with Crippen LogP contribution in [-0.2, 0) is 0 Å². The zero-order chi connectivity index (χ0) is 16.7. The van der Waals surface area contributed by atoms with Gasteiger partial charge in [-0.15, -0.1) is 0 Å². The molecular weight excluding hydrogens is 304 g/mol. The number of hydrogen-bond acceptors (Lipinski definition) is 3. The van der Waals surface area contributed by atoms with Crippen molar-refractivity contribution in [3.63, 3.8) is 0 Å². The molecule has 1 aliphatic carbocycles. The number of phenolic OH excluding ortho intramolecular Hbond substituents is 1. The number of carboxylic acids is 1. The summed E-state index contributed by atoms with van der Waals surface area (Å²) in [6.45, 7) is 0. The van der Waals surface area contributed by atoms with Crippen molar-refractivity contribution in [3.8, 4) is 11.5 Å². The van der Waals surface area contributed by atoms with Gasteiger partial charge in [-0.2, -0.15) is 0 Å². The van der Waals surface area contributed by atoms with E-state index in [9.17, 15) is 15.0 Å². The summed E-state index contributed by atoms with van der Waals surface area (Å²) in [6, 6.07) is 12.4. The first-order valence-electron chi connectivity index (χ1n) is 8.47. The highest BCUT2D eigenvalue weighted by Crippen LogP contribution is 2.50. The highest BCUT2D eigenvalue weighted by atomic mass is 16.5. The molecule has 3 atom stereocenters. The highest BCUT2D eigenvalue weighted by Gasteiger charge is 2.41. The normalized spacial score (nSPS) is 25.2. The summed E-state index contributed by atoms with van der Waals surface area (Å²) < 4.78 is 6.16. The van der Waals surface area contributed by atoms with Crippen molar-refractivity contribution in [2.24, 2.45) is 5.92 Å². The SMILES string of the molecule is O=C(O)c1ccccc1C1c2ccc(O)cc2OC2CCCCC21. The number of phenols is 1. The molecule has 4 rings (SSSR count). The van der Waals surface area contributed by atoms with Gasteiger partial charge in [0, 0.05) is 23.5 Å². The maximum atomic E-state index is 11.7. The molecule has 2 aromatic carbocycles. The molecule has 0 bridgehead atoms. The number of benzene rings is 2. The summed E-state index contributed by atoms with van der Waals surface area (Å²) >= 11 is 0. The Morgan fingerprint density at radius 1 is 1.04 bits per heavy atom. The molecule has 24 heavy (non-hydrogen) atoms. The quantitative estimate of drug-likeness (QED) is 0.870. The predicted octanol–water partition coefficient (Wildman–Crippen LogP) is 4.17. The van der Waals surface area contributed by atoms with Gasteiger partial charge in [0.1, 0.15) is 17.6 Å². The van der Waals surface area contributed by atoms with Gasteiger partial charge >= 0.3 is 5.97 Å². The fourth-order valence-corrected chi connectivity index (χ4v) is 4.29. The number of carboxylic acid groups (broad SMARTS) is 1. The van der Waals surface area contributed by atoms with E-state index in [1.165, 1.54) is 0 Å². The molecule has 1 fully saturated rings. The van der Waals surface area contributed by atoms with Crippen molar-refractivity contribution in [1.29, 1.82) is 0 Å². The van der Waals surface area contributed by atoms with Crippen molar-refractivity contribution in [2.45, 2.75) is 37.7 Å². The van der Waals surface area contributed by atoms with E-state index in [0.29, 0.717) is 11.3 Å². The standard InChI is InChI=1S/C20H20O4/c21-12-9-10-16-18(11-12)24-17-8-4-3-7-15(17)19(16)13-5-1-2-6-14(13)20(22)23/h1-2,5-6,9-11,15,17,19,21H,3-4,7-8H2,(H,22,23).